The van der Waals surface area contributed by atoms with Gasteiger partial charge in [-0.3, -0.25) is 4.79 Å². The number of fused-ring (bicyclic) bond motifs is 1. The zero-order chi connectivity index (χ0) is 19.7. The van der Waals surface area contributed by atoms with Crippen LogP contribution >= 0.6 is 11.8 Å². The third-order valence-electron chi connectivity index (χ3n) is 5.98. The van der Waals surface area contributed by atoms with E-state index in [9.17, 15) is 9.18 Å². The summed E-state index contributed by atoms with van der Waals surface area (Å²) in [6, 6.07) is 17.4. The Morgan fingerprint density at radius 2 is 1.96 bits per heavy atom. The minimum Gasteiger partial charge on any atom is -0.363 e. The van der Waals surface area contributed by atoms with Gasteiger partial charge in [-0.2, -0.15) is 0 Å². The van der Waals surface area contributed by atoms with Crippen molar-refractivity contribution in [2.45, 2.75) is 43.2 Å². The van der Waals surface area contributed by atoms with Crippen LogP contribution in [0.25, 0.3) is 0 Å². The first-order chi connectivity index (χ1) is 13.4. The van der Waals surface area contributed by atoms with Crippen molar-refractivity contribution < 1.29 is 9.18 Å². The lowest BCUT2D eigenvalue weighted by molar-refractivity contribution is -0.130. The van der Waals surface area contributed by atoms with E-state index >= 15 is 0 Å². The van der Waals surface area contributed by atoms with Gasteiger partial charge in [0.1, 0.15) is 5.82 Å². The van der Waals surface area contributed by atoms with Crippen LogP contribution in [-0.4, -0.2) is 41.2 Å². The van der Waals surface area contributed by atoms with Gasteiger partial charge in [-0.05, 0) is 62.9 Å². The number of amides is 1. The molecule has 4 rings (SSSR count). The number of benzene rings is 2. The second-order valence-electron chi connectivity index (χ2n) is 8.42. The molecule has 0 spiro atoms. The Hall–Kier alpha value is -2.01. The molecule has 2 atom stereocenters. The van der Waals surface area contributed by atoms with Crippen molar-refractivity contribution in [3.05, 3.63) is 60.4 Å². The largest absolute Gasteiger partial charge is 0.363 e. The SMILES string of the molecule is CC1(C)C[C@@H]2CN(C(=O)CSc3ccccc3)CC[C@@H]2N1c1cccc(F)c1. The molecule has 0 radical (unpaired) electrons. The van der Waals surface area contributed by atoms with Gasteiger partial charge in [0.05, 0.1) is 5.75 Å². The highest BCUT2D eigenvalue weighted by Gasteiger charge is 2.48. The zero-order valence-electron chi connectivity index (χ0n) is 16.5. The van der Waals surface area contributed by atoms with Crippen molar-refractivity contribution in [1.82, 2.24) is 4.90 Å². The fourth-order valence-corrected chi connectivity index (χ4v) is 5.72. The molecule has 148 valence electrons. The number of nitrogens with zero attached hydrogens (tertiary/aromatic N) is 2. The molecule has 28 heavy (non-hydrogen) atoms. The lowest BCUT2D eigenvalue weighted by atomic mass is 9.90. The molecule has 0 aliphatic carbocycles. The van der Waals surface area contributed by atoms with E-state index < -0.39 is 0 Å². The van der Waals surface area contributed by atoms with Crippen LogP contribution in [0.2, 0.25) is 0 Å². The number of hydrogen-bond acceptors (Lipinski definition) is 3. The van der Waals surface area contributed by atoms with Crippen LogP contribution in [0.1, 0.15) is 26.7 Å². The first-order valence-electron chi connectivity index (χ1n) is 9.94. The minimum atomic E-state index is -0.192. The monoisotopic (exact) mass is 398 g/mol. The summed E-state index contributed by atoms with van der Waals surface area (Å²) in [6.45, 7) is 6.03. The molecule has 0 aromatic heterocycles. The van der Waals surface area contributed by atoms with E-state index in [1.54, 1.807) is 23.9 Å². The van der Waals surface area contributed by atoms with E-state index in [2.05, 4.69) is 18.7 Å². The molecular weight excluding hydrogens is 371 g/mol. The number of piperidine rings is 1. The van der Waals surface area contributed by atoms with E-state index in [-0.39, 0.29) is 17.3 Å². The number of rotatable bonds is 4. The second kappa shape index (κ2) is 7.78. The van der Waals surface area contributed by atoms with Gasteiger partial charge in [0.15, 0.2) is 0 Å². The number of halogens is 1. The lowest BCUT2D eigenvalue weighted by Crippen LogP contribution is -2.50. The fourth-order valence-electron chi connectivity index (χ4n) is 4.90. The summed E-state index contributed by atoms with van der Waals surface area (Å²) in [4.78, 5) is 18.3. The smallest absolute Gasteiger partial charge is 0.232 e. The fraction of sp³-hybridized carbons (Fsp3) is 0.435. The molecule has 5 heteroatoms. The average Bonchev–Trinajstić information content (AvgIpc) is 2.95. The van der Waals surface area contributed by atoms with Crippen molar-refractivity contribution in [2.24, 2.45) is 5.92 Å². The molecule has 2 saturated heterocycles. The predicted molar refractivity (Wildman–Crippen MR) is 113 cm³/mol. The van der Waals surface area contributed by atoms with Crippen LogP contribution in [0.15, 0.2) is 59.5 Å². The standard InChI is InChI=1S/C23H27FN2OS/c1-23(2)14-17-15-25(22(27)16-28-20-9-4-3-5-10-20)12-11-21(17)26(23)19-8-6-7-18(24)13-19/h3-10,13,17,21H,11-12,14-16H2,1-2H3/t17-,21+/m1/s1. The van der Waals surface area contributed by atoms with Crippen molar-refractivity contribution in [3.63, 3.8) is 0 Å². The van der Waals surface area contributed by atoms with Gasteiger partial charge in [0.25, 0.3) is 0 Å². The average molecular weight is 399 g/mol. The highest BCUT2D eigenvalue weighted by atomic mass is 32.2. The Morgan fingerprint density at radius 3 is 2.71 bits per heavy atom. The molecule has 2 aliphatic rings. The van der Waals surface area contributed by atoms with Crippen molar-refractivity contribution in [3.8, 4) is 0 Å². The van der Waals surface area contributed by atoms with Crippen LogP contribution in [0.5, 0.6) is 0 Å². The summed E-state index contributed by atoms with van der Waals surface area (Å²) in [5.74, 6) is 0.938. The molecule has 2 aromatic rings. The molecule has 3 nitrogen and oxygen atoms in total. The van der Waals surface area contributed by atoms with Gasteiger partial charge in [0.2, 0.25) is 5.91 Å². The van der Waals surface area contributed by atoms with E-state index in [1.165, 1.54) is 6.07 Å². The summed E-state index contributed by atoms with van der Waals surface area (Å²) in [5.41, 5.74) is 0.915. The summed E-state index contributed by atoms with van der Waals surface area (Å²) >= 11 is 1.60. The van der Waals surface area contributed by atoms with E-state index in [0.29, 0.717) is 17.7 Å². The Morgan fingerprint density at radius 1 is 1.18 bits per heavy atom. The van der Waals surface area contributed by atoms with Gasteiger partial charge in [-0.1, -0.05) is 24.3 Å². The molecule has 0 unspecified atom stereocenters. The van der Waals surface area contributed by atoms with Gasteiger partial charge < -0.3 is 9.80 Å². The van der Waals surface area contributed by atoms with Gasteiger partial charge in [-0.15, -0.1) is 11.8 Å². The van der Waals surface area contributed by atoms with Crippen LogP contribution in [0.3, 0.4) is 0 Å². The highest BCUT2D eigenvalue weighted by molar-refractivity contribution is 8.00. The third-order valence-corrected chi connectivity index (χ3v) is 6.98. The first-order valence-corrected chi connectivity index (χ1v) is 10.9. The highest BCUT2D eigenvalue weighted by Crippen LogP contribution is 2.44. The normalized spacial score (nSPS) is 23.5. The maximum atomic E-state index is 13.8. The third kappa shape index (κ3) is 3.90. The molecule has 2 fully saturated rings. The molecule has 1 amide bonds. The van der Waals surface area contributed by atoms with Crippen LogP contribution in [0, 0.1) is 11.7 Å². The molecule has 0 N–H and O–H groups in total. The maximum Gasteiger partial charge on any atom is 0.232 e. The van der Waals surface area contributed by atoms with Crippen molar-refractivity contribution in [2.75, 3.05) is 23.7 Å². The zero-order valence-corrected chi connectivity index (χ0v) is 17.3. The molecule has 0 bridgehead atoms. The Kier molecular flexibility index (Phi) is 5.37. The Bertz CT molecular complexity index is 842. The lowest BCUT2D eigenvalue weighted by Gasteiger charge is -2.42. The summed E-state index contributed by atoms with van der Waals surface area (Å²) in [5, 5.41) is 0. The maximum absolute atomic E-state index is 13.8. The summed E-state index contributed by atoms with van der Waals surface area (Å²) in [6.07, 6.45) is 1.95. The minimum absolute atomic E-state index is 0.0407. The molecule has 0 saturated carbocycles. The number of hydrogen-bond donors (Lipinski definition) is 0. The van der Waals surface area contributed by atoms with E-state index in [4.69, 9.17) is 0 Å². The number of carbonyl (C=O) groups is 1. The summed E-state index contributed by atoms with van der Waals surface area (Å²) in [7, 11) is 0. The van der Waals surface area contributed by atoms with Gasteiger partial charge in [0, 0.05) is 35.3 Å². The molecule has 2 aliphatic heterocycles. The molecule has 2 heterocycles. The first kappa shape index (κ1) is 19.3. The number of anilines is 1. The number of thioether (sulfide) groups is 1. The van der Waals surface area contributed by atoms with Crippen molar-refractivity contribution in [1.29, 1.82) is 0 Å². The summed E-state index contributed by atoms with van der Waals surface area (Å²) < 4.78 is 13.8. The van der Waals surface area contributed by atoms with E-state index in [1.807, 2.05) is 41.3 Å². The van der Waals surface area contributed by atoms with E-state index in [0.717, 1.165) is 36.5 Å². The Balaban J connectivity index is 1.43. The van der Waals surface area contributed by atoms with Crippen molar-refractivity contribution >= 4 is 23.4 Å². The van der Waals surface area contributed by atoms with Gasteiger partial charge in [-0.25, -0.2) is 4.39 Å². The quantitative estimate of drug-likeness (QED) is 0.690. The molecular formula is C23H27FN2OS. The predicted octanol–water partition coefficient (Wildman–Crippen LogP) is 4.82. The van der Waals surface area contributed by atoms with Crippen LogP contribution in [0.4, 0.5) is 10.1 Å². The number of carbonyl (C=O) groups excluding carboxylic acids is 1. The molecule has 2 aromatic carbocycles. The van der Waals surface area contributed by atoms with Gasteiger partial charge >= 0.3 is 0 Å². The second-order valence-corrected chi connectivity index (χ2v) is 9.47. The number of likely N-dealkylation sites (tertiary alicyclic amines) is 1. The Labute approximate surface area is 170 Å². The topological polar surface area (TPSA) is 23.6 Å². The van der Waals surface area contributed by atoms with Crippen LogP contribution < -0.4 is 4.90 Å². The van der Waals surface area contributed by atoms with Crippen LogP contribution in [-0.2, 0) is 4.79 Å².